The summed E-state index contributed by atoms with van der Waals surface area (Å²) < 4.78 is 14.7. The van der Waals surface area contributed by atoms with Crippen molar-refractivity contribution in [1.82, 2.24) is 14.8 Å². The molecule has 0 unspecified atom stereocenters. The first-order chi connectivity index (χ1) is 8.24. The molecule has 0 aliphatic carbocycles. The number of fused-ring (bicyclic) bond motifs is 1. The number of aryl methyl sites for hydroxylation is 1. The number of anilines is 3. The Hall–Kier alpha value is -2.11. The van der Waals surface area contributed by atoms with Crippen LogP contribution in [0.5, 0.6) is 0 Å². The zero-order valence-corrected chi connectivity index (χ0v) is 9.17. The van der Waals surface area contributed by atoms with Crippen LogP contribution in [0.1, 0.15) is 6.42 Å². The Morgan fingerprint density at radius 1 is 1.18 bits per heavy atom. The van der Waals surface area contributed by atoms with Crippen LogP contribution in [0, 0.1) is 5.82 Å². The van der Waals surface area contributed by atoms with Crippen LogP contribution in [-0.2, 0) is 6.54 Å². The first-order valence-corrected chi connectivity index (χ1v) is 5.47. The van der Waals surface area contributed by atoms with E-state index in [-0.39, 0.29) is 11.8 Å². The fourth-order valence-corrected chi connectivity index (χ4v) is 2.04. The molecule has 0 saturated carbocycles. The minimum Gasteiger partial charge on any atom is -0.366 e. The third-order valence-corrected chi connectivity index (χ3v) is 2.80. The molecule has 1 aliphatic rings. The summed E-state index contributed by atoms with van der Waals surface area (Å²) in [6.45, 7) is 1.65. The molecular weight excluding hydrogens is 221 g/mol. The maximum absolute atomic E-state index is 12.9. The largest absolute Gasteiger partial charge is 0.366 e. The van der Waals surface area contributed by atoms with Crippen molar-refractivity contribution in [3.8, 4) is 0 Å². The average molecular weight is 233 g/mol. The lowest BCUT2D eigenvalue weighted by molar-refractivity contribution is 0.539. The topological polar surface area (TPSA) is 60.0 Å². The number of nitrogens with two attached hydrogens (primary N) is 1. The number of aromatic nitrogens is 3. The summed E-state index contributed by atoms with van der Waals surface area (Å²) in [6.07, 6.45) is 0.965. The highest BCUT2D eigenvalue weighted by atomic mass is 19.1. The van der Waals surface area contributed by atoms with Gasteiger partial charge < -0.3 is 10.6 Å². The number of hydrogen-bond acceptors (Lipinski definition) is 4. The maximum Gasteiger partial charge on any atom is 0.241 e. The van der Waals surface area contributed by atoms with E-state index in [0.717, 1.165) is 31.1 Å². The molecular formula is C11H12FN5. The molecule has 2 heterocycles. The van der Waals surface area contributed by atoms with Gasteiger partial charge in [0.25, 0.3) is 0 Å². The molecule has 2 aromatic rings. The van der Waals surface area contributed by atoms with E-state index in [2.05, 4.69) is 10.1 Å². The van der Waals surface area contributed by atoms with E-state index in [9.17, 15) is 4.39 Å². The highest BCUT2D eigenvalue weighted by molar-refractivity contribution is 5.58. The lowest BCUT2D eigenvalue weighted by Crippen LogP contribution is -2.28. The van der Waals surface area contributed by atoms with Gasteiger partial charge in [-0.15, -0.1) is 5.10 Å². The lowest BCUT2D eigenvalue weighted by atomic mass is 10.2. The first-order valence-electron chi connectivity index (χ1n) is 5.47. The van der Waals surface area contributed by atoms with Crippen molar-refractivity contribution in [3.05, 3.63) is 30.1 Å². The minimum atomic E-state index is -0.244. The van der Waals surface area contributed by atoms with Gasteiger partial charge in [-0.25, -0.2) is 9.07 Å². The van der Waals surface area contributed by atoms with Crippen LogP contribution >= 0.6 is 0 Å². The monoisotopic (exact) mass is 233 g/mol. The van der Waals surface area contributed by atoms with Gasteiger partial charge in [-0.3, -0.25) is 0 Å². The Bertz CT molecular complexity index is 533. The maximum atomic E-state index is 12.9. The average Bonchev–Trinajstić information content (AvgIpc) is 2.70. The second-order valence-electron chi connectivity index (χ2n) is 3.97. The van der Waals surface area contributed by atoms with Crippen LogP contribution in [0.25, 0.3) is 0 Å². The number of benzene rings is 1. The van der Waals surface area contributed by atoms with E-state index >= 15 is 0 Å². The zero-order chi connectivity index (χ0) is 11.8. The number of halogens is 1. The third kappa shape index (κ3) is 1.71. The molecule has 0 atom stereocenters. The molecule has 0 saturated heterocycles. The summed E-state index contributed by atoms with van der Waals surface area (Å²) in [6, 6.07) is 6.34. The van der Waals surface area contributed by atoms with Gasteiger partial charge in [-0.05, 0) is 30.7 Å². The normalized spacial score (nSPS) is 14.8. The number of hydrogen-bond donors (Lipinski definition) is 1. The second-order valence-corrected chi connectivity index (χ2v) is 3.97. The second kappa shape index (κ2) is 3.73. The highest BCUT2D eigenvalue weighted by Gasteiger charge is 2.21. The molecule has 0 bridgehead atoms. The van der Waals surface area contributed by atoms with Crippen molar-refractivity contribution in [3.63, 3.8) is 0 Å². The van der Waals surface area contributed by atoms with E-state index < -0.39 is 0 Å². The van der Waals surface area contributed by atoms with Crippen LogP contribution in [0.4, 0.5) is 22.0 Å². The van der Waals surface area contributed by atoms with Crippen LogP contribution in [0.2, 0.25) is 0 Å². The van der Waals surface area contributed by atoms with Crippen LogP contribution < -0.4 is 10.6 Å². The molecule has 0 spiro atoms. The molecule has 88 valence electrons. The summed E-state index contributed by atoms with van der Waals surface area (Å²) in [4.78, 5) is 6.19. The van der Waals surface area contributed by atoms with Crippen molar-refractivity contribution in [1.29, 1.82) is 0 Å². The SMILES string of the molecule is Nc1nc2n(n1)CCCN2c1ccc(F)cc1. The number of rotatable bonds is 1. The standard InChI is InChI=1S/C11H12FN5/c12-8-2-4-9(5-3-8)16-6-1-7-17-11(16)14-10(13)15-17/h2-5H,1,6-7H2,(H2,13,15). The molecule has 17 heavy (non-hydrogen) atoms. The first kappa shape index (κ1) is 10.1. The summed E-state index contributed by atoms with van der Waals surface area (Å²) in [5.74, 6) is 0.751. The summed E-state index contributed by atoms with van der Waals surface area (Å²) >= 11 is 0. The van der Waals surface area contributed by atoms with Crippen molar-refractivity contribution in [2.24, 2.45) is 0 Å². The van der Waals surface area contributed by atoms with Crippen molar-refractivity contribution in [2.75, 3.05) is 17.2 Å². The zero-order valence-electron chi connectivity index (χ0n) is 9.17. The van der Waals surface area contributed by atoms with E-state index in [1.165, 1.54) is 12.1 Å². The Kier molecular flexibility index (Phi) is 2.21. The molecule has 6 heteroatoms. The van der Waals surface area contributed by atoms with Crippen molar-refractivity contribution in [2.45, 2.75) is 13.0 Å². The molecule has 5 nitrogen and oxygen atoms in total. The van der Waals surface area contributed by atoms with Crippen LogP contribution in [-0.4, -0.2) is 21.3 Å². The van der Waals surface area contributed by atoms with Gasteiger partial charge in [0, 0.05) is 18.8 Å². The van der Waals surface area contributed by atoms with E-state index in [1.807, 2.05) is 4.90 Å². The van der Waals surface area contributed by atoms with E-state index in [1.54, 1.807) is 16.8 Å². The fourth-order valence-electron chi connectivity index (χ4n) is 2.04. The van der Waals surface area contributed by atoms with Gasteiger partial charge in [0.05, 0.1) is 0 Å². The molecule has 0 fully saturated rings. The molecule has 2 N–H and O–H groups in total. The fraction of sp³-hybridized carbons (Fsp3) is 0.273. The summed E-state index contributed by atoms with van der Waals surface area (Å²) in [5, 5.41) is 4.11. The predicted molar refractivity (Wildman–Crippen MR) is 62.5 cm³/mol. The number of nitrogens with zero attached hydrogens (tertiary/aromatic N) is 4. The third-order valence-electron chi connectivity index (χ3n) is 2.80. The highest BCUT2D eigenvalue weighted by Crippen LogP contribution is 2.27. The molecule has 1 aliphatic heterocycles. The Morgan fingerprint density at radius 2 is 1.94 bits per heavy atom. The Balaban J connectivity index is 2.02. The molecule has 1 aromatic carbocycles. The van der Waals surface area contributed by atoms with E-state index in [4.69, 9.17) is 5.73 Å². The Labute approximate surface area is 97.7 Å². The summed E-state index contributed by atoms with van der Waals surface area (Å²) in [5.41, 5.74) is 6.50. The molecule has 0 amide bonds. The van der Waals surface area contributed by atoms with Gasteiger partial charge >= 0.3 is 0 Å². The van der Waals surface area contributed by atoms with E-state index in [0.29, 0.717) is 0 Å². The van der Waals surface area contributed by atoms with Crippen molar-refractivity contribution >= 4 is 17.6 Å². The summed E-state index contributed by atoms with van der Waals surface area (Å²) in [7, 11) is 0. The van der Waals surface area contributed by atoms with Gasteiger partial charge in [-0.1, -0.05) is 0 Å². The smallest absolute Gasteiger partial charge is 0.241 e. The molecule has 0 radical (unpaired) electrons. The Morgan fingerprint density at radius 3 is 2.71 bits per heavy atom. The van der Waals surface area contributed by atoms with Crippen molar-refractivity contribution < 1.29 is 4.39 Å². The number of nitrogen functional groups attached to an aromatic ring is 1. The molecule has 1 aromatic heterocycles. The van der Waals surface area contributed by atoms with Crippen LogP contribution in [0.3, 0.4) is 0 Å². The van der Waals surface area contributed by atoms with Crippen LogP contribution in [0.15, 0.2) is 24.3 Å². The van der Waals surface area contributed by atoms with Gasteiger partial charge in [-0.2, -0.15) is 4.98 Å². The lowest BCUT2D eigenvalue weighted by Gasteiger charge is -2.27. The quantitative estimate of drug-likeness (QED) is 0.811. The van der Waals surface area contributed by atoms with Gasteiger partial charge in [0.2, 0.25) is 11.9 Å². The predicted octanol–water partition coefficient (Wildman–Crippen LogP) is 1.54. The minimum absolute atomic E-state index is 0.244. The van der Waals surface area contributed by atoms with Gasteiger partial charge in [0.1, 0.15) is 5.82 Å². The molecule has 3 rings (SSSR count). The van der Waals surface area contributed by atoms with Gasteiger partial charge in [0.15, 0.2) is 0 Å².